The molecule has 0 atom stereocenters. The molecular weight excluding hydrogens is 689 g/mol. The van der Waals surface area contributed by atoms with Crippen molar-refractivity contribution < 1.29 is 0 Å². The summed E-state index contributed by atoms with van der Waals surface area (Å²) in [5.41, 5.74) is 20.1. The second kappa shape index (κ2) is 11.8. The number of anilines is 6. The van der Waals surface area contributed by atoms with Crippen LogP contribution < -0.4 is 9.80 Å². The van der Waals surface area contributed by atoms with Crippen molar-refractivity contribution in [1.82, 2.24) is 0 Å². The largest absolute Gasteiger partial charge is 0.310 e. The molecule has 8 aromatic carbocycles. The predicted octanol–water partition coefficient (Wildman–Crippen LogP) is 15.0. The zero-order valence-electron chi connectivity index (χ0n) is 33.6. The molecule has 3 aliphatic rings. The standard InChI is InChI=1S/C55H46N2/c1-53(2)44-25-16-26-45-50(44)57-51-46(53)31-38(35-17-9-7-10-18-35)32-47(51)55(5,6)49-34-41(33-48(52(49)57)54(45,3)4)56(39-21-11-8-12-22-39)40-29-27-37(28-30-40)43-24-15-20-36-19-13-14-23-42(36)43/h7-34H,1-6H3. The van der Waals surface area contributed by atoms with E-state index < -0.39 is 0 Å². The van der Waals surface area contributed by atoms with Crippen LogP contribution in [0.25, 0.3) is 33.0 Å². The Morgan fingerprint density at radius 1 is 0.351 bits per heavy atom. The van der Waals surface area contributed by atoms with E-state index in [4.69, 9.17) is 0 Å². The van der Waals surface area contributed by atoms with Crippen LogP contribution in [0.4, 0.5) is 34.1 Å². The predicted molar refractivity (Wildman–Crippen MR) is 241 cm³/mol. The fourth-order valence-electron chi connectivity index (χ4n) is 10.4. The van der Waals surface area contributed by atoms with Crippen molar-refractivity contribution in [3.8, 4) is 22.3 Å². The Bertz CT molecular complexity index is 2910. The number of benzene rings is 8. The molecule has 3 aliphatic heterocycles. The molecule has 0 aromatic heterocycles. The van der Waals surface area contributed by atoms with Crippen molar-refractivity contribution in [3.63, 3.8) is 0 Å². The number of fused-ring (bicyclic) bond motifs is 1. The quantitative estimate of drug-likeness (QED) is 0.174. The number of para-hydroxylation sites is 2. The monoisotopic (exact) mass is 734 g/mol. The summed E-state index contributed by atoms with van der Waals surface area (Å²) in [6.07, 6.45) is 0. The highest BCUT2D eigenvalue weighted by atomic mass is 15.2. The first-order valence-electron chi connectivity index (χ1n) is 20.4. The lowest BCUT2D eigenvalue weighted by atomic mass is 9.60. The molecule has 276 valence electrons. The van der Waals surface area contributed by atoms with Gasteiger partial charge in [-0.15, -0.1) is 0 Å². The minimum atomic E-state index is -0.290. The first-order valence-corrected chi connectivity index (χ1v) is 20.4. The minimum Gasteiger partial charge on any atom is -0.310 e. The number of hydrogen-bond donors (Lipinski definition) is 0. The van der Waals surface area contributed by atoms with Crippen molar-refractivity contribution >= 4 is 44.9 Å². The van der Waals surface area contributed by atoms with Gasteiger partial charge < -0.3 is 9.80 Å². The SMILES string of the molecule is CC1(C)c2cccc3c2N2c4c1cc(-c1ccccc1)cc4C(C)(C)c1cc(N(c4ccccc4)c4ccc(-c5cccc6ccccc56)cc4)cc(c12)C3(C)C. The first kappa shape index (κ1) is 33.9. The van der Waals surface area contributed by atoms with Gasteiger partial charge in [-0.2, -0.15) is 0 Å². The summed E-state index contributed by atoms with van der Waals surface area (Å²) >= 11 is 0. The fraction of sp³-hybridized carbons (Fsp3) is 0.164. The summed E-state index contributed by atoms with van der Waals surface area (Å²) in [7, 11) is 0. The van der Waals surface area contributed by atoms with Gasteiger partial charge in [0.05, 0.1) is 17.1 Å². The van der Waals surface area contributed by atoms with Crippen LogP contribution in [0.15, 0.2) is 170 Å². The van der Waals surface area contributed by atoms with Crippen LogP contribution in [-0.4, -0.2) is 0 Å². The van der Waals surface area contributed by atoms with E-state index in [1.165, 1.54) is 89.2 Å². The Kier molecular flexibility index (Phi) is 7.03. The zero-order chi connectivity index (χ0) is 38.8. The summed E-state index contributed by atoms with van der Waals surface area (Å²) in [5, 5.41) is 2.53. The Labute approximate surface area is 336 Å². The fourth-order valence-corrected chi connectivity index (χ4v) is 10.4. The van der Waals surface area contributed by atoms with E-state index >= 15 is 0 Å². The zero-order valence-corrected chi connectivity index (χ0v) is 33.6. The molecule has 0 unspecified atom stereocenters. The summed E-state index contributed by atoms with van der Waals surface area (Å²) < 4.78 is 0. The molecule has 3 heterocycles. The molecule has 2 nitrogen and oxygen atoms in total. The third kappa shape index (κ3) is 4.71. The Morgan fingerprint density at radius 3 is 1.46 bits per heavy atom. The van der Waals surface area contributed by atoms with Gasteiger partial charge in [-0.25, -0.2) is 0 Å². The smallest absolute Gasteiger partial charge is 0.0545 e. The lowest BCUT2D eigenvalue weighted by molar-refractivity contribution is 0.567. The van der Waals surface area contributed by atoms with Gasteiger partial charge in [-0.3, -0.25) is 0 Å². The van der Waals surface area contributed by atoms with Crippen LogP contribution in [-0.2, 0) is 16.2 Å². The molecule has 0 bridgehead atoms. The summed E-state index contributed by atoms with van der Waals surface area (Å²) in [5.74, 6) is 0. The molecule has 0 saturated carbocycles. The molecule has 57 heavy (non-hydrogen) atoms. The third-order valence-corrected chi connectivity index (χ3v) is 13.6. The highest BCUT2D eigenvalue weighted by molar-refractivity contribution is 6.01. The summed E-state index contributed by atoms with van der Waals surface area (Å²) in [6, 6.07) is 63.3. The maximum Gasteiger partial charge on any atom is 0.0545 e. The molecule has 0 saturated heterocycles. The van der Waals surface area contributed by atoms with Gasteiger partial charge in [0.15, 0.2) is 0 Å². The molecule has 0 radical (unpaired) electrons. The number of nitrogens with zero attached hydrogens (tertiary/aromatic N) is 2. The van der Waals surface area contributed by atoms with Crippen LogP contribution in [0.2, 0.25) is 0 Å². The van der Waals surface area contributed by atoms with E-state index in [0.717, 1.165) is 11.4 Å². The van der Waals surface area contributed by atoms with E-state index in [0.29, 0.717) is 0 Å². The molecule has 0 amide bonds. The van der Waals surface area contributed by atoms with Gasteiger partial charge in [-0.05, 0) is 115 Å². The second-order valence-electron chi connectivity index (χ2n) is 17.8. The molecule has 2 heteroatoms. The molecule has 0 N–H and O–H groups in total. The molecule has 8 aromatic rings. The van der Waals surface area contributed by atoms with Gasteiger partial charge in [0, 0.05) is 33.3 Å². The lowest BCUT2D eigenvalue weighted by Gasteiger charge is -2.55. The maximum atomic E-state index is 2.67. The molecule has 0 spiro atoms. The van der Waals surface area contributed by atoms with Gasteiger partial charge >= 0.3 is 0 Å². The molecule has 11 rings (SSSR count). The van der Waals surface area contributed by atoms with Gasteiger partial charge in [-0.1, -0.05) is 163 Å². The third-order valence-electron chi connectivity index (χ3n) is 13.6. The van der Waals surface area contributed by atoms with E-state index in [1.807, 2.05) is 0 Å². The van der Waals surface area contributed by atoms with E-state index in [9.17, 15) is 0 Å². The first-order chi connectivity index (χ1) is 27.5. The van der Waals surface area contributed by atoms with Crippen molar-refractivity contribution in [2.75, 3.05) is 9.80 Å². The lowest BCUT2D eigenvalue weighted by Crippen LogP contribution is -2.43. The maximum absolute atomic E-state index is 2.67. The topological polar surface area (TPSA) is 6.48 Å². The number of rotatable bonds is 5. The van der Waals surface area contributed by atoms with E-state index in [1.54, 1.807) is 0 Å². The van der Waals surface area contributed by atoms with Crippen LogP contribution in [0.5, 0.6) is 0 Å². The Balaban J connectivity index is 1.16. The van der Waals surface area contributed by atoms with Gasteiger partial charge in [0.1, 0.15) is 0 Å². The van der Waals surface area contributed by atoms with Crippen LogP contribution in [0.1, 0.15) is 74.9 Å². The normalized spacial score (nSPS) is 15.9. The Hall–Kier alpha value is -6.38. The second-order valence-corrected chi connectivity index (χ2v) is 17.8. The highest BCUT2D eigenvalue weighted by Gasteiger charge is 2.52. The van der Waals surface area contributed by atoms with Crippen molar-refractivity contribution in [1.29, 1.82) is 0 Å². The van der Waals surface area contributed by atoms with Crippen LogP contribution in [0, 0.1) is 0 Å². The van der Waals surface area contributed by atoms with Crippen molar-refractivity contribution in [2.45, 2.75) is 57.8 Å². The van der Waals surface area contributed by atoms with Crippen molar-refractivity contribution in [2.24, 2.45) is 0 Å². The molecule has 0 fully saturated rings. The van der Waals surface area contributed by atoms with Gasteiger partial charge in [0.2, 0.25) is 0 Å². The Morgan fingerprint density at radius 2 is 0.825 bits per heavy atom. The average Bonchev–Trinajstić information content (AvgIpc) is 3.23. The van der Waals surface area contributed by atoms with Crippen LogP contribution >= 0.6 is 0 Å². The van der Waals surface area contributed by atoms with Gasteiger partial charge in [0.25, 0.3) is 0 Å². The molecule has 0 aliphatic carbocycles. The summed E-state index contributed by atoms with van der Waals surface area (Å²) in [6.45, 7) is 14.7. The number of hydrogen-bond acceptors (Lipinski definition) is 2. The molecular formula is C55H46N2. The minimum absolute atomic E-state index is 0.180. The van der Waals surface area contributed by atoms with Crippen LogP contribution in [0.3, 0.4) is 0 Å². The van der Waals surface area contributed by atoms with Crippen molar-refractivity contribution in [3.05, 3.63) is 203 Å². The average molecular weight is 735 g/mol. The van der Waals surface area contributed by atoms with E-state index in [-0.39, 0.29) is 16.2 Å². The van der Waals surface area contributed by atoms with E-state index in [2.05, 4.69) is 221 Å². The highest BCUT2D eigenvalue weighted by Crippen LogP contribution is 2.67. The summed E-state index contributed by atoms with van der Waals surface area (Å²) in [4.78, 5) is 5.13.